The van der Waals surface area contributed by atoms with Crippen molar-refractivity contribution in [1.29, 1.82) is 0 Å². The van der Waals surface area contributed by atoms with Gasteiger partial charge in [-0.05, 0) is 0 Å². The molecule has 2 rings (SSSR count). The van der Waals surface area contributed by atoms with Gasteiger partial charge < -0.3 is 4.90 Å². The van der Waals surface area contributed by atoms with Gasteiger partial charge >= 0.3 is 0 Å². The zero-order valence-electron chi connectivity index (χ0n) is 10.9. The Morgan fingerprint density at radius 3 is 2.33 bits per heavy atom. The van der Waals surface area contributed by atoms with Crippen LogP contribution in [0.4, 0.5) is 13.2 Å². The van der Waals surface area contributed by atoms with E-state index in [0.717, 1.165) is 4.90 Å². The van der Waals surface area contributed by atoms with Crippen molar-refractivity contribution in [2.45, 2.75) is 13.0 Å². The number of hydrogen-bond acceptors (Lipinski definition) is 3. The molecule has 116 valence electrons. The van der Waals surface area contributed by atoms with Crippen LogP contribution in [0.2, 0.25) is 0 Å². The molecule has 1 fully saturated rings. The lowest BCUT2D eigenvalue weighted by Crippen LogP contribution is -2.28. The highest BCUT2D eigenvalue weighted by Gasteiger charge is 2.32. The fourth-order valence-corrected chi connectivity index (χ4v) is 3.24. The number of rotatable bonds is 4. The summed E-state index contributed by atoms with van der Waals surface area (Å²) in [5.74, 6) is -4.53. The Labute approximate surface area is 119 Å². The van der Waals surface area contributed by atoms with Crippen molar-refractivity contribution in [3.8, 4) is 0 Å². The van der Waals surface area contributed by atoms with Crippen LogP contribution in [0.5, 0.6) is 0 Å². The van der Waals surface area contributed by atoms with Crippen LogP contribution in [-0.4, -0.2) is 31.5 Å². The first-order valence-electron chi connectivity index (χ1n) is 6.07. The van der Waals surface area contributed by atoms with Crippen molar-refractivity contribution in [3.05, 3.63) is 35.1 Å². The molecule has 1 unspecified atom stereocenters. The molecule has 0 bridgehead atoms. The van der Waals surface area contributed by atoms with Gasteiger partial charge in [-0.3, -0.25) is 4.79 Å². The van der Waals surface area contributed by atoms with E-state index in [9.17, 15) is 26.4 Å². The van der Waals surface area contributed by atoms with Gasteiger partial charge in [-0.25, -0.2) is 26.7 Å². The van der Waals surface area contributed by atoms with E-state index in [1.165, 1.54) is 0 Å². The number of carbonyl (C=O) groups is 1. The summed E-state index contributed by atoms with van der Waals surface area (Å²) in [5.41, 5.74) is -0.430. The molecule has 1 amide bonds. The first-order chi connectivity index (χ1) is 9.65. The number of likely N-dealkylation sites (tertiary alicyclic amines) is 1. The molecule has 9 heteroatoms. The minimum atomic E-state index is -3.73. The first kappa shape index (κ1) is 15.8. The number of sulfonamides is 1. The second-order valence-electron chi connectivity index (χ2n) is 5.02. The summed E-state index contributed by atoms with van der Waals surface area (Å²) in [6.07, 6.45) is -0.0547. The van der Waals surface area contributed by atoms with E-state index in [0.29, 0.717) is 12.1 Å². The van der Waals surface area contributed by atoms with Gasteiger partial charge in [0.1, 0.15) is 17.5 Å². The van der Waals surface area contributed by atoms with Crippen molar-refractivity contribution in [1.82, 2.24) is 4.90 Å². The quantitative estimate of drug-likeness (QED) is 0.888. The van der Waals surface area contributed by atoms with Crippen LogP contribution in [-0.2, 0) is 21.4 Å². The Balaban J connectivity index is 2.13. The number of nitrogens with zero attached hydrogens (tertiary/aromatic N) is 1. The summed E-state index contributed by atoms with van der Waals surface area (Å²) in [4.78, 5) is 12.9. The first-order valence-corrected chi connectivity index (χ1v) is 7.79. The van der Waals surface area contributed by atoms with Crippen molar-refractivity contribution in [3.63, 3.8) is 0 Å². The van der Waals surface area contributed by atoms with Crippen molar-refractivity contribution in [2.24, 2.45) is 11.1 Å². The van der Waals surface area contributed by atoms with Gasteiger partial charge in [0, 0.05) is 36.6 Å². The highest BCUT2D eigenvalue weighted by Crippen LogP contribution is 2.23. The van der Waals surface area contributed by atoms with Gasteiger partial charge in [0.15, 0.2) is 0 Å². The monoisotopic (exact) mass is 322 g/mol. The Morgan fingerprint density at radius 1 is 1.24 bits per heavy atom. The summed E-state index contributed by atoms with van der Waals surface area (Å²) < 4.78 is 61.8. The van der Waals surface area contributed by atoms with Crippen molar-refractivity contribution >= 4 is 15.9 Å². The highest BCUT2D eigenvalue weighted by molar-refractivity contribution is 7.89. The van der Waals surface area contributed by atoms with Crippen LogP contribution in [0.15, 0.2) is 12.1 Å². The molecule has 5 nitrogen and oxygen atoms in total. The van der Waals surface area contributed by atoms with E-state index < -0.39 is 44.9 Å². The Hall–Kier alpha value is -1.61. The van der Waals surface area contributed by atoms with Crippen LogP contribution < -0.4 is 5.14 Å². The van der Waals surface area contributed by atoms with E-state index in [2.05, 4.69) is 0 Å². The lowest BCUT2D eigenvalue weighted by Gasteiger charge is -2.17. The Kier molecular flexibility index (Phi) is 4.24. The Bertz CT molecular complexity index is 655. The number of benzene rings is 1. The fourth-order valence-electron chi connectivity index (χ4n) is 2.36. The van der Waals surface area contributed by atoms with Gasteiger partial charge in [-0.15, -0.1) is 0 Å². The molecule has 0 aliphatic carbocycles. The third-order valence-electron chi connectivity index (χ3n) is 3.22. The van der Waals surface area contributed by atoms with Gasteiger partial charge in [0.2, 0.25) is 15.9 Å². The molecule has 1 aliphatic rings. The number of nitrogens with two attached hydrogens (primary N) is 1. The SMILES string of the molecule is NS(=O)(=O)CC1CC(=O)N(Cc2c(F)cc(F)cc2F)C1. The lowest BCUT2D eigenvalue weighted by atomic mass is 10.1. The standard InChI is InChI=1S/C12H13F3N2O3S/c13-8-2-10(14)9(11(15)3-8)5-17-4-7(1-12(17)18)6-21(16,19)20/h2-3,7H,1,4-6H2,(H2,16,19,20). The van der Waals surface area contributed by atoms with E-state index in [-0.39, 0.29) is 25.3 Å². The summed E-state index contributed by atoms with van der Waals surface area (Å²) in [5, 5.41) is 4.90. The maximum absolute atomic E-state index is 13.5. The molecule has 2 N–H and O–H groups in total. The highest BCUT2D eigenvalue weighted by atomic mass is 32.2. The summed E-state index contributed by atoms with van der Waals surface area (Å²) in [7, 11) is -3.73. The Morgan fingerprint density at radius 2 is 1.81 bits per heavy atom. The van der Waals surface area contributed by atoms with Crippen molar-refractivity contribution < 1.29 is 26.4 Å². The van der Waals surface area contributed by atoms with E-state index in [1.807, 2.05) is 0 Å². The number of halogens is 3. The average molecular weight is 322 g/mol. The molecular formula is C12H13F3N2O3S. The molecule has 1 atom stereocenters. The summed E-state index contributed by atoms with van der Waals surface area (Å²) in [6, 6.07) is 1.06. The number of primary sulfonamides is 1. The minimum absolute atomic E-state index is 0.0333. The number of amides is 1. The van der Waals surface area contributed by atoms with Gasteiger partial charge in [0.25, 0.3) is 0 Å². The van der Waals surface area contributed by atoms with Crippen LogP contribution in [0.3, 0.4) is 0 Å². The molecule has 1 saturated heterocycles. The van der Waals surface area contributed by atoms with E-state index >= 15 is 0 Å². The predicted molar refractivity (Wildman–Crippen MR) is 67.8 cm³/mol. The van der Waals surface area contributed by atoms with E-state index in [4.69, 9.17) is 5.14 Å². The van der Waals surface area contributed by atoms with E-state index in [1.54, 1.807) is 0 Å². The smallest absolute Gasteiger partial charge is 0.223 e. The number of carbonyl (C=O) groups excluding carboxylic acids is 1. The largest absolute Gasteiger partial charge is 0.338 e. The third-order valence-corrected chi connectivity index (χ3v) is 4.15. The predicted octanol–water partition coefficient (Wildman–Crippen LogP) is 0.741. The maximum atomic E-state index is 13.5. The molecule has 0 aromatic heterocycles. The fraction of sp³-hybridized carbons (Fsp3) is 0.417. The van der Waals surface area contributed by atoms with Crippen LogP contribution >= 0.6 is 0 Å². The zero-order valence-corrected chi connectivity index (χ0v) is 11.7. The summed E-state index contributed by atoms with van der Waals surface area (Å²) >= 11 is 0. The molecule has 1 aliphatic heterocycles. The third kappa shape index (κ3) is 3.94. The molecule has 0 radical (unpaired) electrons. The zero-order chi connectivity index (χ0) is 15.8. The van der Waals surface area contributed by atoms with Gasteiger partial charge in [-0.2, -0.15) is 0 Å². The molecule has 1 heterocycles. The van der Waals surface area contributed by atoms with Gasteiger partial charge in [0.05, 0.1) is 12.3 Å². The van der Waals surface area contributed by atoms with Gasteiger partial charge in [-0.1, -0.05) is 0 Å². The lowest BCUT2D eigenvalue weighted by molar-refractivity contribution is -0.128. The second kappa shape index (κ2) is 5.64. The molecule has 0 saturated carbocycles. The topological polar surface area (TPSA) is 80.5 Å². The van der Waals surface area contributed by atoms with Crippen molar-refractivity contribution in [2.75, 3.05) is 12.3 Å². The normalized spacial score (nSPS) is 19.3. The second-order valence-corrected chi connectivity index (χ2v) is 6.68. The van der Waals surface area contributed by atoms with Crippen LogP contribution in [0, 0.1) is 23.4 Å². The molecular weight excluding hydrogens is 309 g/mol. The molecule has 1 aromatic rings. The maximum Gasteiger partial charge on any atom is 0.223 e. The van der Waals surface area contributed by atoms with Crippen LogP contribution in [0.25, 0.3) is 0 Å². The number of hydrogen-bond donors (Lipinski definition) is 1. The molecule has 1 aromatic carbocycles. The minimum Gasteiger partial charge on any atom is -0.338 e. The molecule has 21 heavy (non-hydrogen) atoms. The summed E-state index contributed by atoms with van der Waals surface area (Å²) in [6.45, 7) is -0.344. The molecule has 0 spiro atoms. The van der Waals surface area contributed by atoms with Crippen LogP contribution in [0.1, 0.15) is 12.0 Å². The average Bonchev–Trinajstić information content (AvgIpc) is 2.61.